The van der Waals surface area contributed by atoms with Crippen LogP contribution in [0.5, 0.6) is 0 Å². The maximum Gasteiger partial charge on any atom is 0.274 e. The molecule has 0 saturated heterocycles. The standard InChI is InChI=1S/C14H15NO5S/c16-9-12(8-11-4-2-1-3-5-11)15-21(18,19)14-7-6-13(10-17)20-14/h1-7,10,12,15-16H,8-9H2. The lowest BCUT2D eigenvalue weighted by molar-refractivity contribution is 0.109. The van der Waals surface area contributed by atoms with E-state index in [-0.39, 0.29) is 17.5 Å². The molecule has 0 fully saturated rings. The van der Waals surface area contributed by atoms with Crippen molar-refractivity contribution < 1.29 is 22.7 Å². The molecule has 0 aliphatic carbocycles. The van der Waals surface area contributed by atoms with Crippen LogP contribution in [0.1, 0.15) is 16.1 Å². The highest BCUT2D eigenvalue weighted by Crippen LogP contribution is 2.14. The van der Waals surface area contributed by atoms with E-state index in [2.05, 4.69) is 4.72 Å². The Bertz CT molecular complexity index is 693. The SMILES string of the molecule is O=Cc1ccc(S(=O)(=O)NC(CO)Cc2ccccc2)o1. The van der Waals surface area contributed by atoms with Crippen molar-refractivity contribution in [1.82, 2.24) is 4.72 Å². The van der Waals surface area contributed by atoms with E-state index in [1.165, 1.54) is 12.1 Å². The molecule has 2 aromatic rings. The van der Waals surface area contributed by atoms with E-state index in [0.717, 1.165) is 5.56 Å². The zero-order chi connectivity index (χ0) is 15.3. The molecule has 6 nitrogen and oxygen atoms in total. The Morgan fingerprint density at radius 1 is 1.19 bits per heavy atom. The average Bonchev–Trinajstić information content (AvgIpc) is 2.97. The number of furan rings is 1. The van der Waals surface area contributed by atoms with E-state index in [1.807, 2.05) is 30.3 Å². The number of carbonyl (C=O) groups is 1. The van der Waals surface area contributed by atoms with Crippen LogP contribution < -0.4 is 4.72 Å². The predicted molar refractivity (Wildman–Crippen MR) is 75.4 cm³/mol. The zero-order valence-corrected chi connectivity index (χ0v) is 11.9. The summed E-state index contributed by atoms with van der Waals surface area (Å²) in [6.07, 6.45) is 0.768. The van der Waals surface area contributed by atoms with Crippen molar-refractivity contribution in [3.8, 4) is 0 Å². The van der Waals surface area contributed by atoms with Crippen LogP contribution >= 0.6 is 0 Å². The Balaban J connectivity index is 2.11. The molecule has 1 aromatic carbocycles. The molecule has 0 spiro atoms. The smallest absolute Gasteiger partial charge is 0.274 e. The summed E-state index contributed by atoms with van der Waals surface area (Å²) < 4.78 is 31.4. The minimum absolute atomic E-state index is 0.0704. The molecule has 112 valence electrons. The summed E-state index contributed by atoms with van der Waals surface area (Å²) in [5.74, 6) is -0.0704. The molecule has 1 aromatic heterocycles. The van der Waals surface area contributed by atoms with Crippen LogP contribution in [0.4, 0.5) is 0 Å². The third kappa shape index (κ3) is 4.01. The molecule has 2 rings (SSSR count). The maximum atomic E-state index is 12.1. The van der Waals surface area contributed by atoms with Crippen molar-refractivity contribution in [3.05, 3.63) is 53.8 Å². The van der Waals surface area contributed by atoms with Crippen LogP contribution in [0.25, 0.3) is 0 Å². The Labute approximate surface area is 122 Å². The predicted octanol–water partition coefficient (Wildman–Crippen LogP) is 0.974. The van der Waals surface area contributed by atoms with Crippen molar-refractivity contribution in [2.24, 2.45) is 0 Å². The van der Waals surface area contributed by atoms with Gasteiger partial charge in [-0.25, -0.2) is 13.1 Å². The number of nitrogens with one attached hydrogen (secondary N) is 1. The number of aldehydes is 1. The molecule has 0 bridgehead atoms. The number of rotatable bonds is 7. The number of benzene rings is 1. The molecule has 1 atom stereocenters. The van der Waals surface area contributed by atoms with Gasteiger partial charge in [0.05, 0.1) is 6.61 Å². The molecule has 0 aliphatic heterocycles. The third-order valence-electron chi connectivity index (χ3n) is 2.85. The van der Waals surface area contributed by atoms with Crippen LogP contribution in [-0.4, -0.2) is 32.5 Å². The van der Waals surface area contributed by atoms with Gasteiger partial charge in [0.1, 0.15) is 0 Å². The average molecular weight is 309 g/mol. The molecule has 0 radical (unpaired) electrons. The largest absolute Gasteiger partial charge is 0.440 e. The molecule has 2 N–H and O–H groups in total. The first-order valence-corrected chi connectivity index (χ1v) is 7.75. The van der Waals surface area contributed by atoms with Gasteiger partial charge in [-0.3, -0.25) is 4.79 Å². The summed E-state index contributed by atoms with van der Waals surface area (Å²) in [4.78, 5) is 10.5. The number of carbonyl (C=O) groups excluding carboxylic acids is 1. The van der Waals surface area contributed by atoms with Gasteiger partial charge < -0.3 is 9.52 Å². The van der Waals surface area contributed by atoms with Gasteiger partial charge in [0.25, 0.3) is 10.0 Å². The van der Waals surface area contributed by atoms with Gasteiger partial charge in [0, 0.05) is 6.04 Å². The summed E-state index contributed by atoms with van der Waals surface area (Å²) in [7, 11) is -3.92. The number of aliphatic hydroxyl groups is 1. The summed E-state index contributed by atoms with van der Waals surface area (Å²) >= 11 is 0. The lowest BCUT2D eigenvalue weighted by Gasteiger charge is -2.15. The summed E-state index contributed by atoms with van der Waals surface area (Å²) in [6.45, 7) is -0.352. The minimum Gasteiger partial charge on any atom is -0.440 e. The highest BCUT2D eigenvalue weighted by molar-refractivity contribution is 7.89. The van der Waals surface area contributed by atoms with E-state index in [4.69, 9.17) is 4.42 Å². The normalized spacial score (nSPS) is 13.0. The van der Waals surface area contributed by atoms with Crippen molar-refractivity contribution in [2.75, 3.05) is 6.61 Å². The molecular weight excluding hydrogens is 294 g/mol. The Hall–Kier alpha value is -1.96. The van der Waals surface area contributed by atoms with Crippen molar-refractivity contribution >= 4 is 16.3 Å². The Kier molecular flexibility index (Phi) is 4.89. The minimum atomic E-state index is -3.92. The van der Waals surface area contributed by atoms with Crippen molar-refractivity contribution in [1.29, 1.82) is 0 Å². The van der Waals surface area contributed by atoms with Crippen LogP contribution in [-0.2, 0) is 16.4 Å². The molecule has 0 saturated carbocycles. The molecule has 7 heteroatoms. The van der Waals surface area contributed by atoms with Gasteiger partial charge >= 0.3 is 0 Å². The third-order valence-corrected chi connectivity index (χ3v) is 4.24. The van der Waals surface area contributed by atoms with Gasteiger partial charge in [-0.05, 0) is 24.1 Å². The first kappa shape index (κ1) is 15.4. The zero-order valence-electron chi connectivity index (χ0n) is 11.1. The van der Waals surface area contributed by atoms with Crippen molar-refractivity contribution in [2.45, 2.75) is 17.6 Å². The second-order valence-corrected chi connectivity index (χ2v) is 6.11. The summed E-state index contributed by atoms with van der Waals surface area (Å²) in [5.41, 5.74) is 0.896. The van der Waals surface area contributed by atoms with Crippen LogP contribution in [0.15, 0.2) is 52.0 Å². The van der Waals surface area contributed by atoms with Gasteiger partial charge in [-0.2, -0.15) is 0 Å². The quantitative estimate of drug-likeness (QED) is 0.743. The molecule has 21 heavy (non-hydrogen) atoms. The summed E-state index contributed by atoms with van der Waals surface area (Å²) in [6, 6.07) is 11.0. The second-order valence-electron chi connectivity index (χ2n) is 4.47. The molecule has 1 unspecified atom stereocenters. The first-order chi connectivity index (χ1) is 10.0. The number of aliphatic hydroxyl groups excluding tert-OH is 1. The fraction of sp³-hybridized carbons (Fsp3) is 0.214. The van der Waals surface area contributed by atoms with E-state index >= 15 is 0 Å². The van der Waals surface area contributed by atoms with Gasteiger partial charge in [0.15, 0.2) is 12.0 Å². The highest BCUT2D eigenvalue weighted by atomic mass is 32.2. The number of hydrogen-bond donors (Lipinski definition) is 2. The van der Waals surface area contributed by atoms with E-state index in [1.54, 1.807) is 0 Å². The fourth-order valence-corrected chi connectivity index (χ4v) is 3.03. The highest BCUT2D eigenvalue weighted by Gasteiger charge is 2.23. The lowest BCUT2D eigenvalue weighted by atomic mass is 10.1. The molecule has 1 heterocycles. The maximum absolute atomic E-state index is 12.1. The van der Waals surface area contributed by atoms with Gasteiger partial charge in [-0.1, -0.05) is 30.3 Å². The van der Waals surface area contributed by atoms with Crippen LogP contribution in [0, 0.1) is 0 Å². The topological polar surface area (TPSA) is 96.6 Å². The number of sulfonamides is 1. The number of hydrogen-bond acceptors (Lipinski definition) is 5. The first-order valence-electron chi connectivity index (χ1n) is 6.27. The lowest BCUT2D eigenvalue weighted by Crippen LogP contribution is -2.38. The van der Waals surface area contributed by atoms with E-state index in [0.29, 0.717) is 12.7 Å². The fourth-order valence-electron chi connectivity index (χ4n) is 1.86. The van der Waals surface area contributed by atoms with E-state index < -0.39 is 16.1 Å². The Morgan fingerprint density at radius 3 is 2.48 bits per heavy atom. The van der Waals surface area contributed by atoms with E-state index in [9.17, 15) is 18.3 Å². The monoisotopic (exact) mass is 309 g/mol. The van der Waals surface area contributed by atoms with Crippen LogP contribution in [0.2, 0.25) is 0 Å². The van der Waals surface area contributed by atoms with Gasteiger partial charge in [-0.15, -0.1) is 0 Å². The second kappa shape index (κ2) is 6.66. The van der Waals surface area contributed by atoms with Crippen LogP contribution in [0.3, 0.4) is 0 Å². The molecular formula is C14H15NO5S. The summed E-state index contributed by atoms with van der Waals surface area (Å²) in [5, 5.41) is 8.98. The van der Waals surface area contributed by atoms with Crippen molar-refractivity contribution in [3.63, 3.8) is 0 Å². The Morgan fingerprint density at radius 2 is 1.90 bits per heavy atom. The molecule has 0 aliphatic rings. The molecule has 0 amide bonds. The van der Waals surface area contributed by atoms with Gasteiger partial charge in [0.2, 0.25) is 5.09 Å².